The highest BCUT2D eigenvalue weighted by atomic mass is 16.5. The quantitative estimate of drug-likeness (QED) is 0.513. The summed E-state index contributed by atoms with van der Waals surface area (Å²) in [4.78, 5) is 24.6. The van der Waals surface area contributed by atoms with Crippen LogP contribution in [0.3, 0.4) is 0 Å². The lowest BCUT2D eigenvalue weighted by molar-refractivity contribution is -0.222. The van der Waals surface area contributed by atoms with Gasteiger partial charge in [-0.1, -0.05) is 0 Å². The van der Waals surface area contributed by atoms with Gasteiger partial charge in [0.05, 0.1) is 36.0 Å². The molecular formula is C21H26N8O5. The highest BCUT2D eigenvalue weighted by molar-refractivity contribution is 5.90. The summed E-state index contributed by atoms with van der Waals surface area (Å²) >= 11 is 0. The predicted octanol–water partition coefficient (Wildman–Crippen LogP) is -1.06. The van der Waals surface area contributed by atoms with Crippen LogP contribution >= 0.6 is 0 Å². The van der Waals surface area contributed by atoms with E-state index in [0.717, 1.165) is 18.5 Å². The van der Waals surface area contributed by atoms with Gasteiger partial charge in [-0.05, 0) is 36.6 Å². The molecule has 1 spiro atoms. The van der Waals surface area contributed by atoms with E-state index in [-0.39, 0.29) is 24.7 Å². The third kappa shape index (κ3) is 3.22. The topological polar surface area (TPSA) is 152 Å². The summed E-state index contributed by atoms with van der Waals surface area (Å²) in [5.74, 6) is 0.117. The Morgan fingerprint density at radius 2 is 2.18 bits per heavy atom. The number of cyclic esters (lactones) is 1. The maximum absolute atomic E-state index is 11.9. The van der Waals surface area contributed by atoms with E-state index in [1.165, 1.54) is 23.4 Å². The Morgan fingerprint density at radius 3 is 2.88 bits per heavy atom. The van der Waals surface area contributed by atoms with Crippen LogP contribution in [0.1, 0.15) is 38.0 Å². The van der Waals surface area contributed by atoms with Crippen LogP contribution in [0.4, 0.5) is 0 Å². The Hall–Kier alpha value is -3.00. The molecule has 0 aliphatic carbocycles. The first-order valence-electron chi connectivity index (χ1n) is 11.4. The van der Waals surface area contributed by atoms with E-state index in [0.29, 0.717) is 43.2 Å². The number of carbonyl (C=O) groups excluding carboxylic acids is 1. The number of aromatic nitrogens is 6. The highest BCUT2D eigenvalue weighted by Crippen LogP contribution is 2.50. The van der Waals surface area contributed by atoms with Crippen molar-refractivity contribution in [3.63, 3.8) is 0 Å². The molecule has 6 heterocycles. The van der Waals surface area contributed by atoms with Gasteiger partial charge in [0.2, 0.25) is 0 Å². The minimum absolute atomic E-state index is 0.0580. The molecule has 2 aromatic heterocycles. The average Bonchev–Trinajstić information content (AvgIpc) is 3.63. The van der Waals surface area contributed by atoms with Gasteiger partial charge in [0.15, 0.2) is 12.0 Å². The number of esters is 1. The van der Waals surface area contributed by atoms with Crippen molar-refractivity contribution in [3.8, 4) is 5.82 Å². The summed E-state index contributed by atoms with van der Waals surface area (Å²) in [5.41, 5.74) is 0.934. The zero-order valence-electron chi connectivity index (χ0n) is 18.7. The molecule has 6 rings (SSSR count). The normalized spacial score (nSPS) is 32.1. The van der Waals surface area contributed by atoms with E-state index < -0.39 is 17.9 Å². The van der Waals surface area contributed by atoms with Crippen molar-refractivity contribution < 1.29 is 24.5 Å². The van der Waals surface area contributed by atoms with Crippen molar-refractivity contribution in [2.24, 2.45) is 0 Å². The molecule has 0 saturated carbocycles. The molecule has 2 bridgehead atoms. The molecule has 0 amide bonds. The summed E-state index contributed by atoms with van der Waals surface area (Å²) in [6, 6.07) is 0.122. The summed E-state index contributed by atoms with van der Waals surface area (Å²) in [5, 5.41) is 33.3. The van der Waals surface area contributed by atoms with Gasteiger partial charge in [0, 0.05) is 25.2 Å². The van der Waals surface area contributed by atoms with Crippen LogP contribution in [0.2, 0.25) is 0 Å². The summed E-state index contributed by atoms with van der Waals surface area (Å²) in [7, 11) is 0. The Labute approximate surface area is 195 Å². The fourth-order valence-electron chi connectivity index (χ4n) is 5.92. The van der Waals surface area contributed by atoms with E-state index >= 15 is 0 Å². The molecule has 2 N–H and O–H groups in total. The number of morpholine rings is 1. The first kappa shape index (κ1) is 21.5. The van der Waals surface area contributed by atoms with Crippen molar-refractivity contribution in [1.29, 1.82) is 0 Å². The molecule has 3 saturated heterocycles. The molecule has 3 fully saturated rings. The van der Waals surface area contributed by atoms with Crippen LogP contribution in [0.5, 0.6) is 0 Å². The molecule has 4 aliphatic rings. The minimum atomic E-state index is -0.897. The van der Waals surface area contributed by atoms with Gasteiger partial charge in [-0.15, -0.1) is 5.10 Å². The number of aliphatic hydroxyl groups is 2. The second-order valence-electron chi connectivity index (χ2n) is 9.24. The molecule has 5 atom stereocenters. The summed E-state index contributed by atoms with van der Waals surface area (Å²) < 4.78 is 12.8. The molecule has 34 heavy (non-hydrogen) atoms. The smallest absolute Gasteiger partial charge is 0.335 e. The van der Waals surface area contributed by atoms with E-state index in [1.54, 1.807) is 6.92 Å². The number of hydrogen-bond acceptors (Lipinski definition) is 12. The second-order valence-corrected chi connectivity index (χ2v) is 9.24. The molecule has 0 radical (unpaired) electrons. The van der Waals surface area contributed by atoms with Crippen LogP contribution < -0.4 is 0 Å². The lowest BCUT2D eigenvalue weighted by Gasteiger charge is -2.50. The molecule has 4 aliphatic heterocycles. The maximum Gasteiger partial charge on any atom is 0.335 e. The Kier molecular flexibility index (Phi) is 5.09. The summed E-state index contributed by atoms with van der Waals surface area (Å²) in [6.45, 7) is 3.21. The van der Waals surface area contributed by atoms with Gasteiger partial charge in [0.25, 0.3) is 0 Å². The predicted molar refractivity (Wildman–Crippen MR) is 113 cm³/mol. The van der Waals surface area contributed by atoms with Crippen LogP contribution in [0.15, 0.2) is 30.0 Å². The Morgan fingerprint density at radius 1 is 1.29 bits per heavy atom. The Bertz CT molecular complexity index is 1110. The van der Waals surface area contributed by atoms with Crippen molar-refractivity contribution in [1.82, 2.24) is 40.0 Å². The standard InChI is InChI=1S/C21H26N8O5/c1-12-15(10-33-19(12)31)27-4-5-34-21(20(27)32)6-13-2-3-17(21)28(13)9-16(30)14-7-23-18(8-22-14)29-11-24-25-26-29/h7-8,11,13,16-17,20,30,32H,2-6,9-10H2,1H3. The number of rotatable bonds is 5. The van der Waals surface area contributed by atoms with Crippen molar-refractivity contribution >= 4 is 5.97 Å². The zero-order chi connectivity index (χ0) is 23.4. The number of aliphatic hydroxyl groups excluding tert-OH is 2. The lowest BCUT2D eigenvalue weighted by atomic mass is 9.81. The van der Waals surface area contributed by atoms with Gasteiger partial charge in [-0.3, -0.25) is 9.88 Å². The fourth-order valence-corrected chi connectivity index (χ4v) is 5.92. The maximum atomic E-state index is 11.9. The second kappa shape index (κ2) is 8.05. The fraction of sp³-hybridized carbons (Fsp3) is 0.619. The lowest BCUT2D eigenvalue weighted by Crippen LogP contribution is -2.64. The number of hydrogen-bond donors (Lipinski definition) is 2. The molecule has 2 aromatic rings. The summed E-state index contributed by atoms with van der Waals surface area (Å²) in [6.07, 6.45) is 5.21. The van der Waals surface area contributed by atoms with Gasteiger partial charge in [-0.25, -0.2) is 9.78 Å². The molecular weight excluding hydrogens is 444 g/mol. The number of fused-ring (bicyclic) bond motifs is 3. The van der Waals surface area contributed by atoms with Crippen LogP contribution in [0, 0.1) is 0 Å². The highest BCUT2D eigenvalue weighted by Gasteiger charge is 2.63. The molecule has 13 heteroatoms. The molecule has 180 valence electrons. The first-order valence-corrected chi connectivity index (χ1v) is 11.4. The van der Waals surface area contributed by atoms with Gasteiger partial charge in [-0.2, -0.15) is 4.68 Å². The number of nitrogens with zero attached hydrogens (tertiary/aromatic N) is 8. The largest absolute Gasteiger partial charge is 0.456 e. The van der Waals surface area contributed by atoms with Crippen molar-refractivity contribution in [2.45, 2.75) is 56.2 Å². The molecule has 5 unspecified atom stereocenters. The third-order valence-electron chi connectivity index (χ3n) is 7.59. The zero-order valence-corrected chi connectivity index (χ0v) is 18.7. The average molecular weight is 470 g/mol. The molecule has 0 aromatic carbocycles. The number of carbonyl (C=O) groups is 1. The van der Waals surface area contributed by atoms with Crippen LogP contribution in [-0.2, 0) is 14.3 Å². The van der Waals surface area contributed by atoms with Gasteiger partial charge < -0.3 is 24.6 Å². The monoisotopic (exact) mass is 470 g/mol. The van der Waals surface area contributed by atoms with E-state index in [4.69, 9.17) is 9.47 Å². The minimum Gasteiger partial charge on any atom is -0.456 e. The first-order chi connectivity index (χ1) is 16.5. The number of ether oxygens (including phenoxy) is 2. The van der Waals surface area contributed by atoms with Crippen LogP contribution in [0.25, 0.3) is 5.82 Å². The van der Waals surface area contributed by atoms with Crippen molar-refractivity contribution in [3.05, 3.63) is 35.7 Å². The molecule has 13 nitrogen and oxygen atoms in total. The van der Waals surface area contributed by atoms with Gasteiger partial charge >= 0.3 is 5.97 Å². The number of tetrazole rings is 1. The van der Waals surface area contributed by atoms with Crippen molar-refractivity contribution in [2.75, 3.05) is 26.3 Å². The van der Waals surface area contributed by atoms with E-state index in [1.807, 2.05) is 4.90 Å². The van der Waals surface area contributed by atoms with E-state index in [2.05, 4.69) is 30.4 Å². The van der Waals surface area contributed by atoms with Crippen LogP contribution in [-0.4, -0.2) is 106 Å². The SMILES string of the molecule is CC1=C(N2CCOC3(CC4CCC3N4CC(O)c3cnc(-n4cnnn4)cn3)C2O)COC1=O. The Balaban J connectivity index is 1.19. The van der Waals surface area contributed by atoms with Gasteiger partial charge in [0.1, 0.15) is 24.6 Å². The van der Waals surface area contributed by atoms with E-state index in [9.17, 15) is 15.0 Å². The third-order valence-corrected chi connectivity index (χ3v) is 7.59.